The molecule has 0 N–H and O–H groups in total. The number of rotatable bonds is 0. The van der Waals surface area contributed by atoms with Gasteiger partial charge in [0.1, 0.15) is 1.43 Å². The van der Waals surface area contributed by atoms with E-state index in [1.54, 1.807) is 0 Å². The highest BCUT2D eigenvalue weighted by molar-refractivity contribution is 14.2. The standard InChI is InChI=1S/C12H18I6/c13-10(14)8-6-4-2-1-3-5-7-9-11(15,16)12(10,17)18/h1-9H2. The van der Waals surface area contributed by atoms with E-state index in [9.17, 15) is 0 Å². The number of hydrogen-bond donors (Lipinski definition) is 0. The summed E-state index contributed by atoms with van der Waals surface area (Å²) >= 11 is 16.3. The molecule has 1 rings (SSSR count). The highest BCUT2D eigenvalue weighted by Gasteiger charge is 2.55. The van der Waals surface area contributed by atoms with E-state index in [2.05, 4.69) is 136 Å². The van der Waals surface area contributed by atoms with Crippen LogP contribution in [0, 0.1) is 0 Å². The number of hydrogen-bond acceptors (Lipinski definition) is 0. The molecule has 0 atom stereocenters. The maximum Gasteiger partial charge on any atom is 0.120 e. The third-order valence-electron chi connectivity index (χ3n) is 3.40. The quantitative estimate of drug-likeness (QED) is 0.170. The predicted octanol–water partition coefficient (Wildman–Crippen LogP) is 8.21. The zero-order valence-electron chi connectivity index (χ0n) is 10.1. The van der Waals surface area contributed by atoms with Gasteiger partial charge in [0.15, 0.2) is 0 Å². The summed E-state index contributed by atoms with van der Waals surface area (Å²) in [5.74, 6) is 0. The van der Waals surface area contributed by atoms with Crippen molar-refractivity contribution in [2.45, 2.75) is 62.1 Å². The third-order valence-corrected chi connectivity index (χ3v) is 20.7. The minimum atomic E-state index is 0.303. The first-order chi connectivity index (χ1) is 8.21. The van der Waals surface area contributed by atoms with Gasteiger partial charge in [0, 0.05) is 0 Å². The van der Waals surface area contributed by atoms with Crippen LogP contribution in [0.5, 0.6) is 0 Å². The Hall–Kier alpha value is 4.38. The molecule has 0 heterocycles. The lowest BCUT2D eigenvalue weighted by atomic mass is 10.0. The molecule has 0 bridgehead atoms. The van der Waals surface area contributed by atoms with Gasteiger partial charge in [-0.05, 0) is 12.8 Å². The Balaban J connectivity index is 2.83. The molecule has 1 aliphatic carbocycles. The molecule has 108 valence electrons. The zero-order chi connectivity index (χ0) is 13.9. The van der Waals surface area contributed by atoms with Crippen molar-refractivity contribution in [2.75, 3.05) is 0 Å². The van der Waals surface area contributed by atoms with E-state index in [1.165, 1.54) is 57.8 Å². The second-order valence-electron chi connectivity index (χ2n) is 4.96. The normalized spacial score (nSPS) is 29.0. The van der Waals surface area contributed by atoms with Crippen LogP contribution in [-0.4, -0.2) is 4.29 Å². The molecule has 1 aliphatic rings. The van der Waals surface area contributed by atoms with Gasteiger partial charge in [-0.15, -0.1) is 0 Å². The Bertz CT molecular complexity index is 237. The molecule has 1 saturated carbocycles. The average Bonchev–Trinajstić information content (AvgIpc) is 2.25. The fraction of sp³-hybridized carbons (Fsp3) is 1.00. The van der Waals surface area contributed by atoms with Gasteiger partial charge >= 0.3 is 0 Å². The molecule has 0 aliphatic heterocycles. The first-order valence-corrected chi connectivity index (χ1v) is 12.8. The fourth-order valence-electron chi connectivity index (χ4n) is 2.16. The van der Waals surface area contributed by atoms with Crippen molar-refractivity contribution < 1.29 is 0 Å². The maximum atomic E-state index is 2.73. The summed E-state index contributed by atoms with van der Waals surface area (Å²) in [6.45, 7) is 0. The summed E-state index contributed by atoms with van der Waals surface area (Å²) in [7, 11) is 0. The zero-order valence-corrected chi connectivity index (χ0v) is 23.1. The summed E-state index contributed by atoms with van der Waals surface area (Å²) in [5, 5.41) is 0. The van der Waals surface area contributed by atoms with Crippen molar-refractivity contribution >= 4 is 136 Å². The topological polar surface area (TPSA) is 0 Å². The highest BCUT2D eigenvalue weighted by Crippen LogP contribution is 2.64. The van der Waals surface area contributed by atoms with E-state index < -0.39 is 0 Å². The largest absolute Gasteiger partial charge is 0.120 e. The van der Waals surface area contributed by atoms with Crippen LogP contribution < -0.4 is 0 Å². The molecular weight excluding hydrogens is 906 g/mol. The minimum Gasteiger partial charge on any atom is -0.0648 e. The molecular formula is C12H18I6. The molecule has 0 spiro atoms. The number of halogens is 6. The van der Waals surface area contributed by atoms with Crippen molar-refractivity contribution in [3.05, 3.63) is 0 Å². The van der Waals surface area contributed by atoms with E-state index in [1.807, 2.05) is 0 Å². The van der Waals surface area contributed by atoms with Crippen LogP contribution in [-0.2, 0) is 0 Å². The molecule has 0 aromatic carbocycles. The first kappa shape index (κ1) is 20.4. The Morgan fingerprint density at radius 3 is 1.06 bits per heavy atom. The molecule has 0 aromatic rings. The van der Waals surface area contributed by atoms with Crippen LogP contribution in [0.3, 0.4) is 0 Å². The van der Waals surface area contributed by atoms with Gasteiger partial charge in [-0.25, -0.2) is 0 Å². The van der Waals surface area contributed by atoms with E-state index >= 15 is 0 Å². The third kappa shape index (κ3) is 5.78. The van der Waals surface area contributed by atoms with Crippen LogP contribution in [0.15, 0.2) is 0 Å². The summed E-state index contributed by atoms with van der Waals surface area (Å²) < 4.78 is 1.01. The van der Waals surface area contributed by atoms with Crippen LogP contribution in [0.2, 0.25) is 0 Å². The Labute approximate surface area is 193 Å². The van der Waals surface area contributed by atoms with E-state index in [-0.39, 0.29) is 0 Å². The van der Waals surface area contributed by atoms with Gasteiger partial charge in [0.2, 0.25) is 0 Å². The van der Waals surface area contributed by atoms with Crippen molar-refractivity contribution in [1.82, 2.24) is 0 Å². The average molecular weight is 924 g/mol. The van der Waals surface area contributed by atoms with Crippen LogP contribution in [0.1, 0.15) is 57.8 Å². The summed E-state index contributed by atoms with van der Waals surface area (Å²) in [5.41, 5.74) is 0. The molecule has 0 radical (unpaired) electrons. The second-order valence-corrected chi connectivity index (χ2v) is 21.8. The minimum absolute atomic E-state index is 0.303. The molecule has 6 heteroatoms. The van der Waals surface area contributed by atoms with E-state index in [0.29, 0.717) is 4.29 Å². The van der Waals surface area contributed by atoms with Gasteiger partial charge in [0.05, 0.1) is 2.86 Å². The Morgan fingerprint density at radius 2 is 0.722 bits per heavy atom. The van der Waals surface area contributed by atoms with E-state index in [4.69, 9.17) is 0 Å². The molecule has 0 unspecified atom stereocenters. The number of alkyl halides is 6. The highest BCUT2D eigenvalue weighted by atomic mass is 127. The Morgan fingerprint density at radius 1 is 0.444 bits per heavy atom. The van der Waals surface area contributed by atoms with Crippen LogP contribution in [0.25, 0.3) is 0 Å². The smallest absolute Gasteiger partial charge is 0.0648 e. The summed E-state index contributed by atoms with van der Waals surface area (Å²) in [4.78, 5) is 0. The first-order valence-electron chi connectivity index (χ1n) is 6.34. The second kappa shape index (κ2) is 9.02. The lowest BCUT2D eigenvalue weighted by molar-refractivity contribution is 0.521. The monoisotopic (exact) mass is 924 g/mol. The van der Waals surface area contributed by atoms with Crippen LogP contribution >= 0.6 is 136 Å². The van der Waals surface area contributed by atoms with Crippen molar-refractivity contribution in [3.8, 4) is 0 Å². The van der Waals surface area contributed by atoms with Gasteiger partial charge in [0.25, 0.3) is 0 Å². The van der Waals surface area contributed by atoms with Crippen molar-refractivity contribution in [1.29, 1.82) is 0 Å². The van der Waals surface area contributed by atoms with Gasteiger partial charge < -0.3 is 0 Å². The fourth-order valence-corrected chi connectivity index (χ4v) is 8.67. The van der Waals surface area contributed by atoms with Gasteiger partial charge in [-0.2, -0.15) is 0 Å². The van der Waals surface area contributed by atoms with Crippen LogP contribution in [0.4, 0.5) is 0 Å². The van der Waals surface area contributed by atoms with Gasteiger partial charge in [-0.1, -0.05) is 180 Å². The maximum absolute atomic E-state index is 2.73. The lowest BCUT2D eigenvalue weighted by Crippen LogP contribution is -2.47. The predicted molar refractivity (Wildman–Crippen MR) is 134 cm³/mol. The molecule has 1 fully saturated rings. The Kier molecular flexibility index (Phi) is 10.2. The SMILES string of the molecule is IC1(I)CCCCCCCCCC(I)(I)C1(I)I. The molecule has 0 saturated heterocycles. The molecule has 0 nitrogen and oxygen atoms in total. The summed E-state index contributed by atoms with van der Waals surface area (Å²) in [6.07, 6.45) is 12.6. The van der Waals surface area contributed by atoms with Crippen molar-refractivity contribution in [2.24, 2.45) is 0 Å². The van der Waals surface area contributed by atoms with Crippen molar-refractivity contribution in [3.63, 3.8) is 0 Å². The van der Waals surface area contributed by atoms with Gasteiger partial charge in [-0.3, -0.25) is 0 Å². The van der Waals surface area contributed by atoms with E-state index in [0.717, 1.165) is 0 Å². The summed E-state index contributed by atoms with van der Waals surface area (Å²) in [6, 6.07) is 0. The molecule has 0 aromatic heterocycles. The molecule has 18 heavy (non-hydrogen) atoms. The lowest BCUT2D eigenvalue weighted by Gasteiger charge is -2.44. The molecule has 0 amide bonds.